The number of halogens is 1. The summed E-state index contributed by atoms with van der Waals surface area (Å²) < 4.78 is 13.3. The highest BCUT2D eigenvalue weighted by Crippen LogP contribution is 2.40. The van der Waals surface area contributed by atoms with Gasteiger partial charge < -0.3 is 9.94 Å². The average molecular weight is 516 g/mol. The molecule has 0 spiro atoms. The topological polar surface area (TPSA) is 58.9 Å². The van der Waals surface area contributed by atoms with Crippen LogP contribution in [0.4, 0.5) is 4.39 Å². The van der Waals surface area contributed by atoms with Crippen molar-refractivity contribution in [1.82, 2.24) is 0 Å². The first kappa shape index (κ1) is 25.8. The molecule has 0 bridgehead atoms. The summed E-state index contributed by atoms with van der Waals surface area (Å²) in [5.41, 5.74) is 3.50. The summed E-state index contributed by atoms with van der Waals surface area (Å²) in [7, 11) is 0. The van der Waals surface area contributed by atoms with E-state index in [-0.39, 0.29) is 12.4 Å². The average Bonchev–Trinajstić information content (AvgIpc) is 3.00. The highest BCUT2D eigenvalue weighted by molar-refractivity contribution is 6.10. The summed E-state index contributed by atoms with van der Waals surface area (Å²) in [5.74, 6) is -0.715. The van der Waals surface area contributed by atoms with Gasteiger partial charge in [-0.3, -0.25) is 4.79 Å². The molecule has 39 heavy (non-hydrogen) atoms. The van der Waals surface area contributed by atoms with Crippen LogP contribution in [0, 0.1) is 5.82 Å². The van der Waals surface area contributed by atoms with Crippen LogP contribution in [-0.4, -0.2) is 17.1 Å². The molecule has 0 radical (unpaired) electrons. The Balaban J connectivity index is 1.51. The monoisotopic (exact) mass is 515 g/mol. The number of rotatable bonds is 9. The Bertz CT molecular complexity index is 1470. The fraction of sp³-hybridized carbons (Fsp3) is 0.0588. The first-order chi connectivity index (χ1) is 19.1. The van der Waals surface area contributed by atoms with Crippen molar-refractivity contribution in [2.24, 2.45) is 5.16 Å². The molecule has 0 amide bonds. The van der Waals surface area contributed by atoms with Gasteiger partial charge in [0.1, 0.15) is 5.82 Å². The SMILES string of the molecule is O=C(c1ccc(F)cc1)c1ccc(C=NOC(c2ccccc2)(c2ccccc2)c2ccccc2)cc1CO. The van der Waals surface area contributed by atoms with Crippen LogP contribution in [0.2, 0.25) is 0 Å². The number of hydrogen-bond donors (Lipinski definition) is 1. The maximum atomic E-state index is 13.3. The van der Waals surface area contributed by atoms with E-state index in [1.165, 1.54) is 24.3 Å². The molecule has 1 N–H and O–H groups in total. The minimum atomic E-state index is -1.02. The number of hydrogen-bond acceptors (Lipinski definition) is 4. The molecule has 192 valence electrons. The van der Waals surface area contributed by atoms with Crippen molar-refractivity contribution in [2.75, 3.05) is 0 Å². The molecular formula is C34H26FNO3. The molecule has 0 aliphatic rings. The number of benzene rings is 5. The highest BCUT2D eigenvalue weighted by atomic mass is 19.1. The molecule has 0 saturated carbocycles. The van der Waals surface area contributed by atoms with Crippen molar-refractivity contribution in [3.8, 4) is 0 Å². The van der Waals surface area contributed by atoms with Crippen molar-refractivity contribution >= 4 is 12.0 Å². The van der Waals surface area contributed by atoms with E-state index in [1.807, 2.05) is 91.0 Å². The van der Waals surface area contributed by atoms with Crippen molar-refractivity contribution in [3.63, 3.8) is 0 Å². The summed E-state index contributed by atoms with van der Waals surface area (Å²) in [4.78, 5) is 19.4. The van der Waals surface area contributed by atoms with Crippen LogP contribution in [-0.2, 0) is 17.0 Å². The zero-order valence-corrected chi connectivity index (χ0v) is 21.1. The normalized spacial score (nSPS) is 11.4. The van der Waals surface area contributed by atoms with Gasteiger partial charge in [-0.25, -0.2) is 4.39 Å². The Morgan fingerprint density at radius 1 is 0.744 bits per heavy atom. The van der Waals surface area contributed by atoms with E-state index in [9.17, 15) is 14.3 Å². The molecule has 0 aliphatic heterocycles. The first-order valence-electron chi connectivity index (χ1n) is 12.5. The Morgan fingerprint density at radius 2 is 1.26 bits per heavy atom. The van der Waals surface area contributed by atoms with E-state index >= 15 is 0 Å². The van der Waals surface area contributed by atoms with Gasteiger partial charge in [0, 0.05) is 27.8 Å². The number of oxime groups is 1. The summed E-state index contributed by atoms with van der Waals surface area (Å²) in [5, 5.41) is 14.4. The predicted octanol–water partition coefficient (Wildman–Crippen LogP) is 6.89. The summed E-state index contributed by atoms with van der Waals surface area (Å²) in [6.45, 7) is -0.340. The van der Waals surface area contributed by atoms with Gasteiger partial charge in [0.15, 0.2) is 5.78 Å². The number of carbonyl (C=O) groups excluding carboxylic acids is 1. The van der Waals surface area contributed by atoms with E-state index in [0.717, 1.165) is 16.7 Å². The maximum Gasteiger partial charge on any atom is 0.212 e. The van der Waals surface area contributed by atoms with Crippen LogP contribution < -0.4 is 0 Å². The van der Waals surface area contributed by atoms with Crippen molar-refractivity contribution in [2.45, 2.75) is 12.2 Å². The second-order valence-electron chi connectivity index (χ2n) is 9.02. The van der Waals surface area contributed by atoms with Gasteiger partial charge in [-0.05, 0) is 41.5 Å². The van der Waals surface area contributed by atoms with E-state index in [4.69, 9.17) is 4.84 Å². The van der Waals surface area contributed by atoms with E-state index in [0.29, 0.717) is 22.3 Å². The van der Waals surface area contributed by atoms with Crippen LogP contribution in [0.5, 0.6) is 0 Å². The van der Waals surface area contributed by atoms with Gasteiger partial charge in [-0.1, -0.05) is 108 Å². The third-order valence-corrected chi connectivity index (χ3v) is 6.58. The Hall–Kier alpha value is -4.87. The van der Waals surface area contributed by atoms with Gasteiger partial charge in [0.25, 0.3) is 0 Å². The quantitative estimate of drug-likeness (QED) is 0.101. The fourth-order valence-corrected chi connectivity index (χ4v) is 4.65. The molecule has 0 unspecified atom stereocenters. The van der Waals surface area contributed by atoms with E-state index < -0.39 is 11.4 Å². The van der Waals surface area contributed by atoms with Gasteiger partial charge in [0.05, 0.1) is 12.8 Å². The molecule has 0 aliphatic carbocycles. The van der Waals surface area contributed by atoms with Gasteiger partial charge >= 0.3 is 0 Å². The molecule has 5 heteroatoms. The third-order valence-electron chi connectivity index (χ3n) is 6.58. The number of ketones is 1. The van der Waals surface area contributed by atoms with Crippen LogP contribution >= 0.6 is 0 Å². The first-order valence-corrected chi connectivity index (χ1v) is 12.5. The minimum Gasteiger partial charge on any atom is -0.392 e. The number of carbonyl (C=O) groups is 1. The molecule has 4 nitrogen and oxygen atoms in total. The minimum absolute atomic E-state index is 0.296. The molecule has 5 aromatic rings. The molecule has 5 aromatic carbocycles. The predicted molar refractivity (Wildman–Crippen MR) is 150 cm³/mol. The molecule has 0 saturated heterocycles. The molecule has 0 atom stereocenters. The maximum absolute atomic E-state index is 13.3. The smallest absolute Gasteiger partial charge is 0.212 e. The fourth-order valence-electron chi connectivity index (χ4n) is 4.65. The standard InChI is InChI=1S/C34H26FNO3/c35-31-19-17-26(18-20-31)33(38)32-21-16-25(22-27(32)24-37)23-36-39-34(28-10-4-1-5-11-28,29-12-6-2-7-13-29)30-14-8-3-9-15-30/h1-23,37H,24H2. The molecular weight excluding hydrogens is 489 g/mol. The zero-order valence-electron chi connectivity index (χ0n) is 21.1. The zero-order chi connectivity index (χ0) is 27.1. The van der Waals surface area contributed by atoms with Crippen LogP contribution in [0.25, 0.3) is 0 Å². The second kappa shape index (κ2) is 11.7. The Kier molecular flexibility index (Phi) is 7.71. The van der Waals surface area contributed by atoms with Crippen LogP contribution in [0.3, 0.4) is 0 Å². The van der Waals surface area contributed by atoms with Crippen LogP contribution in [0.15, 0.2) is 139 Å². The summed E-state index contributed by atoms with van der Waals surface area (Å²) in [6, 6.07) is 40.1. The van der Waals surface area contributed by atoms with Gasteiger partial charge in [-0.2, -0.15) is 0 Å². The Morgan fingerprint density at radius 3 is 1.74 bits per heavy atom. The Labute approximate surface area is 226 Å². The van der Waals surface area contributed by atoms with Crippen molar-refractivity contribution < 1.29 is 19.1 Å². The molecule has 0 heterocycles. The lowest BCUT2D eigenvalue weighted by molar-refractivity contribution is 0.0183. The summed E-state index contributed by atoms with van der Waals surface area (Å²) >= 11 is 0. The van der Waals surface area contributed by atoms with Crippen molar-refractivity contribution in [3.05, 3.63) is 178 Å². The number of aliphatic hydroxyl groups is 1. The highest BCUT2D eigenvalue weighted by Gasteiger charge is 2.39. The van der Waals surface area contributed by atoms with Gasteiger partial charge in [0.2, 0.25) is 5.60 Å². The van der Waals surface area contributed by atoms with Crippen molar-refractivity contribution in [1.29, 1.82) is 0 Å². The molecule has 0 aromatic heterocycles. The lowest BCUT2D eigenvalue weighted by atomic mass is 9.80. The summed E-state index contributed by atoms with van der Waals surface area (Å²) in [6.07, 6.45) is 1.56. The largest absolute Gasteiger partial charge is 0.392 e. The van der Waals surface area contributed by atoms with E-state index in [2.05, 4.69) is 5.16 Å². The lowest BCUT2D eigenvalue weighted by Crippen LogP contribution is -2.31. The van der Waals surface area contributed by atoms with Gasteiger partial charge in [-0.15, -0.1) is 0 Å². The third kappa shape index (κ3) is 5.40. The molecule has 0 fully saturated rings. The number of nitrogens with zero attached hydrogens (tertiary/aromatic N) is 1. The lowest BCUT2D eigenvalue weighted by Gasteiger charge is -2.33. The van der Waals surface area contributed by atoms with E-state index in [1.54, 1.807) is 24.4 Å². The molecule has 5 rings (SSSR count). The second-order valence-corrected chi connectivity index (χ2v) is 9.02. The number of aliphatic hydroxyl groups excluding tert-OH is 1. The van der Waals surface area contributed by atoms with Crippen LogP contribution in [0.1, 0.15) is 43.7 Å².